The summed E-state index contributed by atoms with van der Waals surface area (Å²) in [5, 5.41) is 0. The van der Waals surface area contributed by atoms with Crippen LogP contribution in [0.4, 0.5) is 11.6 Å². The van der Waals surface area contributed by atoms with E-state index in [0.29, 0.717) is 11.7 Å². The molecule has 0 radical (unpaired) electrons. The number of anilines is 2. The lowest BCUT2D eigenvalue weighted by Gasteiger charge is -2.24. The Labute approximate surface area is 106 Å². The molecule has 1 atom stereocenters. The van der Waals surface area contributed by atoms with E-state index in [-0.39, 0.29) is 0 Å². The number of benzene rings is 1. The van der Waals surface area contributed by atoms with Crippen LogP contribution < -0.4 is 10.6 Å². The van der Waals surface area contributed by atoms with Gasteiger partial charge in [-0.05, 0) is 18.4 Å². The molecule has 18 heavy (non-hydrogen) atoms. The average molecular weight is 240 g/mol. The first kappa shape index (κ1) is 11.0. The van der Waals surface area contributed by atoms with Crippen LogP contribution >= 0.6 is 0 Å². The molecule has 0 spiro atoms. The predicted molar refractivity (Wildman–Crippen MR) is 72.2 cm³/mol. The molecule has 1 unspecified atom stereocenters. The van der Waals surface area contributed by atoms with Crippen molar-refractivity contribution in [2.24, 2.45) is 0 Å². The third-order valence-electron chi connectivity index (χ3n) is 3.35. The molecule has 0 saturated carbocycles. The molecular weight excluding hydrogens is 224 g/mol. The molecule has 92 valence electrons. The molecular formula is C14H16N4. The fraction of sp³-hybridized carbons (Fsp3) is 0.286. The van der Waals surface area contributed by atoms with Crippen molar-refractivity contribution in [3.8, 4) is 0 Å². The Morgan fingerprint density at radius 3 is 2.56 bits per heavy atom. The van der Waals surface area contributed by atoms with Crippen LogP contribution in [0.1, 0.15) is 24.4 Å². The van der Waals surface area contributed by atoms with Crippen LogP contribution in [-0.4, -0.2) is 16.5 Å². The zero-order valence-electron chi connectivity index (χ0n) is 10.2. The maximum absolute atomic E-state index is 5.63. The van der Waals surface area contributed by atoms with E-state index in [4.69, 9.17) is 5.73 Å². The predicted octanol–water partition coefficient (Wildman–Crippen LogP) is 2.40. The quantitative estimate of drug-likeness (QED) is 0.875. The molecule has 0 bridgehead atoms. The van der Waals surface area contributed by atoms with Gasteiger partial charge < -0.3 is 10.6 Å². The van der Waals surface area contributed by atoms with E-state index in [1.165, 1.54) is 12.0 Å². The van der Waals surface area contributed by atoms with E-state index >= 15 is 0 Å². The molecule has 4 nitrogen and oxygen atoms in total. The lowest BCUT2D eigenvalue weighted by atomic mass is 10.1. The summed E-state index contributed by atoms with van der Waals surface area (Å²) in [6, 6.07) is 10.9. The lowest BCUT2D eigenvalue weighted by Crippen LogP contribution is -2.24. The molecule has 2 N–H and O–H groups in total. The second-order valence-corrected chi connectivity index (χ2v) is 4.58. The molecule has 3 rings (SSSR count). The number of rotatable bonds is 2. The van der Waals surface area contributed by atoms with E-state index in [9.17, 15) is 0 Å². The number of nitrogens with zero attached hydrogens (tertiary/aromatic N) is 3. The summed E-state index contributed by atoms with van der Waals surface area (Å²) in [5.41, 5.74) is 7.56. The van der Waals surface area contributed by atoms with Gasteiger partial charge in [-0.1, -0.05) is 30.3 Å². The highest BCUT2D eigenvalue weighted by atomic mass is 15.3. The third kappa shape index (κ3) is 2.01. The van der Waals surface area contributed by atoms with Crippen LogP contribution in [0.3, 0.4) is 0 Å². The van der Waals surface area contributed by atoms with Gasteiger partial charge in [0.2, 0.25) is 5.95 Å². The molecule has 1 saturated heterocycles. The summed E-state index contributed by atoms with van der Waals surface area (Å²) in [5.74, 6) is 0.774. The number of hydrogen-bond acceptors (Lipinski definition) is 4. The highest BCUT2D eigenvalue weighted by molar-refractivity contribution is 5.41. The Balaban J connectivity index is 1.90. The monoisotopic (exact) mass is 240 g/mol. The minimum Gasteiger partial charge on any atom is -0.396 e. The van der Waals surface area contributed by atoms with Crippen LogP contribution in [0, 0.1) is 0 Å². The Morgan fingerprint density at radius 1 is 1.11 bits per heavy atom. The van der Waals surface area contributed by atoms with Gasteiger partial charge in [0.1, 0.15) is 0 Å². The summed E-state index contributed by atoms with van der Waals surface area (Å²) in [6.45, 7) is 1.00. The molecule has 0 amide bonds. The van der Waals surface area contributed by atoms with E-state index in [1.807, 2.05) is 6.07 Å². The van der Waals surface area contributed by atoms with Gasteiger partial charge in [0.15, 0.2) is 0 Å². The van der Waals surface area contributed by atoms with Gasteiger partial charge in [0.25, 0.3) is 0 Å². The zero-order chi connectivity index (χ0) is 12.4. The molecule has 1 aromatic heterocycles. The molecule has 1 aliphatic rings. The van der Waals surface area contributed by atoms with Crippen molar-refractivity contribution in [1.29, 1.82) is 0 Å². The minimum atomic E-state index is 0.384. The average Bonchev–Trinajstić information content (AvgIpc) is 2.90. The first-order chi connectivity index (χ1) is 8.84. The van der Waals surface area contributed by atoms with E-state index in [1.54, 1.807) is 12.4 Å². The molecule has 1 aromatic carbocycles. The summed E-state index contributed by atoms with van der Waals surface area (Å²) in [7, 11) is 0. The fourth-order valence-electron chi connectivity index (χ4n) is 2.51. The highest BCUT2D eigenvalue weighted by Gasteiger charge is 2.27. The Bertz CT molecular complexity index is 509. The van der Waals surface area contributed by atoms with Crippen molar-refractivity contribution < 1.29 is 0 Å². The van der Waals surface area contributed by atoms with Gasteiger partial charge >= 0.3 is 0 Å². The SMILES string of the molecule is Nc1cnc(N2CCCC2c2ccccc2)nc1. The van der Waals surface area contributed by atoms with Crippen LogP contribution in [0.15, 0.2) is 42.7 Å². The zero-order valence-corrected chi connectivity index (χ0v) is 10.2. The van der Waals surface area contributed by atoms with Crippen molar-refractivity contribution in [2.75, 3.05) is 17.2 Å². The van der Waals surface area contributed by atoms with Crippen LogP contribution in [0.25, 0.3) is 0 Å². The fourth-order valence-corrected chi connectivity index (χ4v) is 2.51. The summed E-state index contributed by atoms with van der Waals surface area (Å²) in [6.07, 6.45) is 5.66. The number of aromatic nitrogens is 2. The summed E-state index contributed by atoms with van der Waals surface area (Å²) < 4.78 is 0. The van der Waals surface area contributed by atoms with Gasteiger partial charge in [-0.25, -0.2) is 9.97 Å². The van der Waals surface area contributed by atoms with Gasteiger partial charge in [-0.2, -0.15) is 0 Å². The normalized spacial score (nSPS) is 19.1. The Morgan fingerprint density at radius 2 is 1.83 bits per heavy atom. The minimum absolute atomic E-state index is 0.384. The third-order valence-corrected chi connectivity index (χ3v) is 3.35. The molecule has 2 heterocycles. The number of nitrogens with two attached hydrogens (primary N) is 1. The van der Waals surface area contributed by atoms with Gasteiger partial charge in [0, 0.05) is 6.54 Å². The standard InChI is InChI=1S/C14H16N4/c15-12-9-16-14(17-10-12)18-8-4-7-13(18)11-5-2-1-3-6-11/h1-3,5-6,9-10,13H,4,7-8,15H2. The second kappa shape index (κ2) is 4.64. The van der Waals surface area contributed by atoms with E-state index in [0.717, 1.165) is 18.9 Å². The van der Waals surface area contributed by atoms with Gasteiger partial charge in [-0.3, -0.25) is 0 Å². The molecule has 1 fully saturated rings. The topological polar surface area (TPSA) is 55.0 Å². The second-order valence-electron chi connectivity index (χ2n) is 4.58. The Hall–Kier alpha value is -2.10. The first-order valence-electron chi connectivity index (χ1n) is 6.24. The summed E-state index contributed by atoms with van der Waals surface area (Å²) >= 11 is 0. The lowest BCUT2D eigenvalue weighted by molar-refractivity contribution is 0.702. The van der Waals surface area contributed by atoms with Crippen molar-refractivity contribution >= 4 is 11.6 Å². The van der Waals surface area contributed by atoms with Crippen molar-refractivity contribution in [2.45, 2.75) is 18.9 Å². The van der Waals surface area contributed by atoms with Gasteiger partial charge in [-0.15, -0.1) is 0 Å². The highest BCUT2D eigenvalue weighted by Crippen LogP contribution is 2.34. The largest absolute Gasteiger partial charge is 0.396 e. The molecule has 2 aromatic rings. The summed E-state index contributed by atoms with van der Waals surface area (Å²) in [4.78, 5) is 10.9. The maximum atomic E-state index is 5.63. The number of nitrogen functional groups attached to an aromatic ring is 1. The maximum Gasteiger partial charge on any atom is 0.225 e. The van der Waals surface area contributed by atoms with Crippen molar-refractivity contribution in [3.63, 3.8) is 0 Å². The molecule has 1 aliphatic heterocycles. The smallest absolute Gasteiger partial charge is 0.225 e. The van der Waals surface area contributed by atoms with Crippen LogP contribution in [0.2, 0.25) is 0 Å². The van der Waals surface area contributed by atoms with Crippen LogP contribution in [-0.2, 0) is 0 Å². The Kier molecular flexibility index (Phi) is 2.84. The van der Waals surface area contributed by atoms with Gasteiger partial charge in [0.05, 0.1) is 24.1 Å². The van der Waals surface area contributed by atoms with E-state index in [2.05, 4.69) is 39.1 Å². The first-order valence-corrected chi connectivity index (χ1v) is 6.24. The molecule has 0 aliphatic carbocycles. The molecule has 4 heteroatoms. The van der Waals surface area contributed by atoms with E-state index < -0.39 is 0 Å². The number of hydrogen-bond donors (Lipinski definition) is 1. The van der Waals surface area contributed by atoms with Crippen molar-refractivity contribution in [1.82, 2.24) is 9.97 Å². The van der Waals surface area contributed by atoms with Crippen LogP contribution in [0.5, 0.6) is 0 Å². The van der Waals surface area contributed by atoms with Crippen molar-refractivity contribution in [3.05, 3.63) is 48.3 Å².